The number of fused-ring (bicyclic) bond motifs is 1. The Morgan fingerprint density at radius 1 is 0.771 bits per heavy atom. The van der Waals surface area contributed by atoms with Crippen molar-refractivity contribution in [2.45, 2.75) is 6.42 Å². The number of anilines is 1. The molecule has 0 unspecified atom stereocenters. The van der Waals surface area contributed by atoms with E-state index in [0.717, 1.165) is 16.6 Å². The smallest absolute Gasteiger partial charge is 0.328 e. The fourth-order valence-electron chi connectivity index (χ4n) is 3.55. The molecule has 264 valence electrons. The number of aliphatic carboxylic acids is 4. The number of ether oxygens (including phenoxy) is 2. The second-order valence-electron chi connectivity index (χ2n) is 8.80. The maximum Gasteiger partial charge on any atom is 0.328 e. The molecule has 0 radical (unpaired) electrons. The molecule has 0 atom stereocenters. The highest BCUT2D eigenvalue weighted by molar-refractivity contribution is 5.94. The quantitative estimate of drug-likeness (QED) is 0.0917. The Morgan fingerprint density at radius 2 is 1.21 bits per heavy atom. The van der Waals surface area contributed by atoms with Gasteiger partial charge in [0.1, 0.15) is 13.2 Å². The fourth-order valence-corrected chi connectivity index (χ4v) is 3.55. The summed E-state index contributed by atoms with van der Waals surface area (Å²) >= 11 is 0. The molecule has 2 aromatic rings. The first-order chi connectivity index (χ1) is 22.6. The highest BCUT2D eigenvalue weighted by Gasteiger charge is 2.13. The normalized spacial score (nSPS) is 10.3. The molecule has 0 spiro atoms. The Kier molecular flexibility index (Phi) is 20.1. The lowest BCUT2D eigenvalue weighted by Gasteiger charge is -2.25. The molecule has 1 aromatic heterocycles. The molecule has 0 fully saturated rings. The third-order valence-electron chi connectivity index (χ3n) is 5.55. The van der Waals surface area contributed by atoms with Gasteiger partial charge in [0, 0.05) is 74.3 Å². The number of pyridine rings is 1. The van der Waals surface area contributed by atoms with E-state index in [-0.39, 0.29) is 26.3 Å². The van der Waals surface area contributed by atoms with Gasteiger partial charge in [-0.25, -0.2) is 19.2 Å². The minimum absolute atomic E-state index is 0.127. The topological polar surface area (TPSA) is 292 Å². The second kappa shape index (κ2) is 23.1. The zero-order valence-electron chi connectivity index (χ0n) is 26.0. The van der Waals surface area contributed by atoms with Gasteiger partial charge in [-0.1, -0.05) is 0 Å². The highest BCUT2D eigenvalue weighted by Crippen LogP contribution is 2.35. The van der Waals surface area contributed by atoms with Crippen LogP contribution >= 0.6 is 0 Å². The number of hydrogen-bond acceptors (Lipinski definition) is 15. The van der Waals surface area contributed by atoms with Crippen molar-refractivity contribution in [1.82, 2.24) is 9.88 Å². The summed E-state index contributed by atoms with van der Waals surface area (Å²) in [6, 6.07) is 5.60. The maximum absolute atomic E-state index is 10.4. The molecular formula is C27H35N5O16. The molecule has 0 saturated heterocycles. The lowest BCUT2D eigenvalue weighted by atomic mass is 10.1. The van der Waals surface area contributed by atoms with Gasteiger partial charge < -0.3 is 44.5 Å². The van der Waals surface area contributed by atoms with Gasteiger partial charge in [0.15, 0.2) is 11.5 Å². The minimum Gasteiger partial charge on any atom is -0.493 e. The van der Waals surface area contributed by atoms with E-state index in [1.165, 1.54) is 0 Å². The second-order valence-corrected chi connectivity index (χ2v) is 8.80. The van der Waals surface area contributed by atoms with Crippen molar-refractivity contribution in [3.8, 4) is 11.5 Å². The Hall–Kier alpha value is -6.25. The van der Waals surface area contributed by atoms with E-state index >= 15 is 0 Å². The van der Waals surface area contributed by atoms with E-state index in [9.17, 15) is 39.4 Å². The lowest BCUT2D eigenvalue weighted by Crippen LogP contribution is -2.34. The standard InChI is InChI=1S/C19H27N5O8.2C4H4O4/c1-21(7-4-8-22(9-11-31-23(25)26)10-12-32-24(27)28)17-5-6-20-16-14-19(30-3)18(29-2)13-15(16)17;2*5-3(6)1-2-4(7)8/h5-6,13-14H,4,7-12H2,1-3H3;2*1-2H,(H,5,6)(H,7,8)/b;2*2-1+. The van der Waals surface area contributed by atoms with Gasteiger partial charge in [-0.2, -0.15) is 0 Å². The average Bonchev–Trinajstić information content (AvgIpc) is 3.01. The molecule has 0 aliphatic heterocycles. The van der Waals surface area contributed by atoms with E-state index < -0.39 is 34.1 Å². The first kappa shape index (κ1) is 41.8. The highest BCUT2D eigenvalue weighted by atomic mass is 17.0. The first-order valence-corrected chi connectivity index (χ1v) is 13.4. The number of nitrogens with zero attached hydrogens (tertiary/aromatic N) is 5. The van der Waals surface area contributed by atoms with Crippen molar-refractivity contribution in [2.24, 2.45) is 0 Å². The van der Waals surface area contributed by atoms with Crippen LogP contribution in [0.1, 0.15) is 6.42 Å². The Bertz CT molecular complexity index is 1360. The number of carboxylic acids is 4. The largest absolute Gasteiger partial charge is 0.493 e. The summed E-state index contributed by atoms with van der Waals surface area (Å²) in [6.45, 7) is 1.46. The number of carboxylic acid groups (broad SMARTS) is 4. The van der Waals surface area contributed by atoms with Crippen LogP contribution in [0.5, 0.6) is 11.5 Å². The molecule has 0 saturated carbocycles. The van der Waals surface area contributed by atoms with Gasteiger partial charge >= 0.3 is 23.9 Å². The third kappa shape index (κ3) is 19.2. The number of rotatable bonds is 19. The zero-order valence-corrected chi connectivity index (χ0v) is 26.0. The minimum atomic E-state index is -1.26. The van der Waals surface area contributed by atoms with Crippen LogP contribution in [-0.2, 0) is 28.9 Å². The van der Waals surface area contributed by atoms with Crippen LogP contribution in [0.15, 0.2) is 48.7 Å². The molecular weight excluding hydrogens is 650 g/mol. The van der Waals surface area contributed by atoms with Crippen LogP contribution in [0.3, 0.4) is 0 Å². The Balaban J connectivity index is 0.00000113. The van der Waals surface area contributed by atoms with Gasteiger partial charge in [0.2, 0.25) is 0 Å². The molecule has 1 aromatic carbocycles. The molecule has 48 heavy (non-hydrogen) atoms. The molecule has 0 amide bonds. The number of aromatic nitrogens is 1. The van der Waals surface area contributed by atoms with Gasteiger partial charge in [0.25, 0.3) is 10.2 Å². The van der Waals surface area contributed by atoms with E-state index in [1.807, 2.05) is 30.1 Å². The van der Waals surface area contributed by atoms with Crippen LogP contribution in [0.4, 0.5) is 5.69 Å². The summed E-state index contributed by atoms with van der Waals surface area (Å²) < 4.78 is 10.7. The van der Waals surface area contributed by atoms with E-state index in [1.54, 1.807) is 20.4 Å². The van der Waals surface area contributed by atoms with Gasteiger partial charge in [0.05, 0.1) is 19.7 Å². The Morgan fingerprint density at radius 3 is 1.60 bits per heavy atom. The molecule has 4 N–H and O–H groups in total. The van der Waals surface area contributed by atoms with E-state index in [0.29, 0.717) is 55.3 Å². The summed E-state index contributed by atoms with van der Waals surface area (Å²) in [5.74, 6) is -3.83. The fraction of sp³-hybridized carbons (Fsp3) is 0.370. The molecule has 0 bridgehead atoms. The molecule has 1 heterocycles. The van der Waals surface area contributed by atoms with Crippen LogP contribution < -0.4 is 14.4 Å². The van der Waals surface area contributed by atoms with Crippen molar-refractivity contribution >= 4 is 40.5 Å². The van der Waals surface area contributed by atoms with Crippen LogP contribution in [-0.4, -0.2) is 125 Å². The summed E-state index contributed by atoms with van der Waals surface area (Å²) in [4.78, 5) is 75.9. The maximum atomic E-state index is 10.4. The predicted octanol–water partition coefficient (Wildman–Crippen LogP) is 1.22. The molecule has 0 aliphatic rings. The number of carbonyl (C=O) groups is 4. The van der Waals surface area contributed by atoms with E-state index in [4.69, 9.17) is 29.9 Å². The molecule has 21 heteroatoms. The lowest BCUT2D eigenvalue weighted by molar-refractivity contribution is -0.758. The monoisotopic (exact) mass is 685 g/mol. The van der Waals surface area contributed by atoms with Crippen molar-refractivity contribution < 1.29 is 68.9 Å². The van der Waals surface area contributed by atoms with Crippen molar-refractivity contribution in [3.63, 3.8) is 0 Å². The SMILES string of the molecule is COc1cc2nccc(N(C)CCCN(CCO[N+](=O)[O-])CCO[N+](=O)[O-])c2cc1OC.O=C(O)/C=C/C(=O)O.O=C(O)/C=C/C(=O)O. The molecule has 2 rings (SSSR count). The Labute approximate surface area is 272 Å². The van der Waals surface area contributed by atoms with Crippen LogP contribution in [0, 0.1) is 20.2 Å². The third-order valence-corrected chi connectivity index (χ3v) is 5.55. The number of hydrogen-bond donors (Lipinski definition) is 4. The number of benzene rings is 1. The molecule has 21 nitrogen and oxygen atoms in total. The van der Waals surface area contributed by atoms with Crippen molar-refractivity contribution in [2.75, 3.05) is 65.6 Å². The van der Waals surface area contributed by atoms with Crippen molar-refractivity contribution in [3.05, 3.63) is 68.9 Å². The molecule has 0 aliphatic carbocycles. The van der Waals surface area contributed by atoms with Gasteiger partial charge in [-0.3, -0.25) is 9.88 Å². The van der Waals surface area contributed by atoms with Crippen LogP contribution in [0.25, 0.3) is 10.9 Å². The van der Waals surface area contributed by atoms with E-state index in [2.05, 4.69) is 19.6 Å². The number of methoxy groups -OCH3 is 2. The first-order valence-electron chi connectivity index (χ1n) is 13.4. The summed E-state index contributed by atoms with van der Waals surface area (Å²) in [5, 5.41) is 51.1. The van der Waals surface area contributed by atoms with Gasteiger partial charge in [-0.15, -0.1) is 20.2 Å². The predicted molar refractivity (Wildman–Crippen MR) is 164 cm³/mol. The van der Waals surface area contributed by atoms with Crippen molar-refractivity contribution in [1.29, 1.82) is 0 Å². The van der Waals surface area contributed by atoms with Crippen LogP contribution in [0.2, 0.25) is 0 Å². The average molecular weight is 686 g/mol. The summed E-state index contributed by atoms with van der Waals surface area (Å²) in [7, 11) is 5.09. The zero-order chi connectivity index (χ0) is 36.6. The summed E-state index contributed by atoms with van der Waals surface area (Å²) in [5.41, 5.74) is 1.72. The van der Waals surface area contributed by atoms with Gasteiger partial charge in [-0.05, 0) is 25.1 Å². The summed E-state index contributed by atoms with van der Waals surface area (Å²) in [6.07, 6.45) is 4.65.